The highest BCUT2D eigenvalue weighted by molar-refractivity contribution is 4.98. The van der Waals surface area contributed by atoms with Crippen molar-refractivity contribution >= 4 is 0 Å². The molecule has 0 bridgehead atoms. The highest BCUT2D eigenvalue weighted by Crippen LogP contribution is 2.15. The van der Waals surface area contributed by atoms with Crippen molar-refractivity contribution in [2.45, 2.75) is 12.2 Å². The molecule has 0 aliphatic carbocycles. The molecule has 1 saturated heterocycles. The van der Waals surface area contributed by atoms with E-state index in [1.807, 2.05) is 12.2 Å². The maximum absolute atomic E-state index is 5.35. The third-order valence-electron chi connectivity index (χ3n) is 1.72. The minimum absolute atomic E-state index is 0.124. The topological polar surface area (TPSA) is 27.7 Å². The molecule has 0 aromatic heterocycles. The molecule has 0 spiro atoms. The number of rotatable bonds is 0. The van der Waals surface area contributed by atoms with Gasteiger partial charge in [0.15, 0.2) is 0 Å². The van der Waals surface area contributed by atoms with Gasteiger partial charge in [-0.2, -0.15) is 0 Å². The van der Waals surface area contributed by atoms with Crippen LogP contribution < -0.4 is 0 Å². The summed E-state index contributed by atoms with van der Waals surface area (Å²) in [7, 11) is 0. The Balaban J connectivity index is 2.03. The first-order valence-corrected chi connectivity index (χ1v) is 3.44. The summed E-state index contributed by atoms with van der Waals surface area (Å²) in [6, 6.07) is 0. The molecule has 2 unspecified atom stereocenters. The minimum atomic E-state index is 0.124. The van der Waals surface area contributed by atoms with E-state index in [2.05, 4.69) is 0 Å². The second-order valence-corrected chi connectivity index (χ2v) is 2.42. The van der Waals surface area contributed by atoms with Crippen LogP contribution in [-0.2, 0) is 14.2 Å². The lowest BCUT2D eigenvalue weighted by Crippen LogP contribution is -2.41. The zero-order chi connectivity index (χ0) is 6.81. The van der Waals surface area contributed by atoms with E-state index in [4.69, 9.17) is 14.2 Å². The van der Waals surface area contributed by atoms with Gasteiger partial charge in [0, 0.05) is 0 Å². The van der Waals surface area contributed by atoms with Crippen molar-refractivity contribution in [3.8, 4) is 0 Å². The van der Waals surface area contributed by atoms with E-state index in [1.54, 1.807) is 0 Å². The van der Waals surface area contributed by atoms with Crippen molar-refractivity contribution in [1.82, 2.24) is 0 Å². The summed E-state index contributed by atoms with van der Waals surface area (Å²) in [6.07, 6.45) is 4.27. The summed E-state index contributed by atoms with van der Waals surface area (Å²) in [4.78, 5) is 0. The standard InChI is InChI=1S/C7H10O3/c1-2-6-7(9-3-1)4-8-5-10-6/h1-2,6-7H,3-5H2. The molecular weight excluding hydrogens is 132 g/mol. The molecule has 0 radical (unpaired) electrons. The third kappa shape index (κ3) is 1.08. The molecule has 2 heterocycles. The summed E-state index contributed by atoms with van der Waals surface area (Å²) in [5.74, 6) is 0. The second-order valence-electron chi connectivity index (χ2n) is 2.42. The normalized spacial score (nSPS) is 39.2. The van der Waals surface area contributed by atoms with Gasteiger partial charge in [0.2, 0.25) is 0 Å². The summed E-state index contributed by atoms with van der Waals surface area (Å²) in [5.41, 5.74) is 0. The Hall–Kier alpha value is -0.380. The molecule has 10 heavy (non-hydrogen) atoms. The molecule has 3 heteroatoms. The Bertz CT molecular complexity index is 144. The summed E-state index contributed by atoms with van der Waals surface area (Å²) in [5, 5.41) is 0. The van der Waals surface area contributed by atoms with E-state index in [-0.39, 0.29) is 12.2 Å². The third-order valence-corrected chi connectivity index (χ3v) is 1.72. The Morgan fingerprint density at radius 3 is 3.20 bits per heavy atom. The SMILES string of the molecule is C1=CC2OCOCC2OC1. The van der Waals surface area contributed by atoms with E-state index in [9.17, 15) is 0 Å². The van der Waals surface area contributed by atoms with E-state index >= 15 is 0 Å². The smallest absolute Gasteiger partial charge is 0.147 e. The Morgan fingerprint density at radius 1 is 1.30 bits per heavy atom. The zero-order valence-electron chi connectivity index (χ0n) is 5.66. The van der Waals surface area contributed by atoms with Gasteiger partial charge < -0.3 is 14.2 Å². The van der Waals surface area contributed by atoms with Crippen LogP contribution in [0.5, 0.6) is 0 Å². The average Bonchev–Trinajstić information content (AvgIpc) is 2.05. The number of fused-ring (bicyclic) bond motifs is 1. The summed E-state index contributed by atoms with van der Waals surface area (Å²) >= 11 is 0. The molecule has 2 rings (SSSR count). The van der Waals surface area contributed by atoms with E-state index in [0.717, 1.165) is 0 Å². The number of hydrogen-bond acceptors (Lipinski definition) is 3. The molecule has 0 saturated carbocycles. The minimum Gasteiger partial charge on any atom is -0.369 e. The fourth-order valence-corrected chi connectivity index (χ4v) is 1.18. The molecule has 3 nitrogen and oxygen atoms in total. The van der Waals surface area contributed by atoms with Gasteiger partial charge in [0.25, 0.3) is 0 Å². The van der Waals surface area contributed by atoms with Crippen LogP contribution in [0.3, 0.4) is 0 Å². The molecule has 56 valence electrons. The van der Waals surface area contributed by atoms with Crippen molar-refractivity contribution < 1.29 is 14.2 Å². The Morgan fingerprint density at radius 2 is 2.30 bits per heavy atom. The highest BCUT2D eigenvalue weighted by Gasteiger charge is 2.26. The predicted octanol–water partition coefficient (Wildman–Crippen LogP) is 0.314. The first-order chi connectivity index (χ1) is 4.97. The van der Waals surface area contributed by atoms with Gasteiger partial charge >= 0.3 is 0 Å². The molecule has 1 fully saturated rings. The maximum atomic E-state index is 5.35. The van der Waals surface area contributed by atoms with Crippen molar-refractivity contribution in [2.24, 2.45) is 0 Å². The Kier molecular flexibility index (Phi) is 1.71. The van der Waals surface area contributed by atoms with Gasteiger partial charge in [-0.25, -0.2) is 0 Å². The monoisotopic (exact) mass is 142 g/mol. The predicted molar refractivity (Wildman–Crippen MR) is 34.6 cm³/mol. The van der Waals surface area contributed by atoms with E-state index < -0.39 is 0 Å². The highest BCUT2D eigenvalue weighted by atomic mass is 16.7. The molecule has 0 aromatic carbocycles. The molecule has 0 amide bonds. The van der Waals surface area contributed by atoms with Crippen LogP contribution in [0.4, 0.5) is 0 Å². The van der Waals surface area contributed by atoms with Gasteiger partial charge in [-0.1, -0.05) is 12.2 Å². The van der Waals surface area contributed by atoms with Crippen molar-refractivity contribution in [3.05, 3.63) is 12.2 Å². The quantitative estimate of drug-likeness (QED) is 0.456. The van der Waals surface area contributed by atoms with Crippen LogP contribution in [0, 0.1) is 0 Å². The van der Waals surface area contributed by atoms with Gasteiger partial charge in [-0.05, 0) is 0 Å². The lowest BCUT2D eigenvalue weighted by atomic mass is 10.1. The number of ether oxygens (including phenoxy) is 3. The average molecular weight is 142 g/mol. The van der Waals surface area contributed by atoms with Crippen LogP contribution in [0.2, 0.25) is 0 Å². The molecular formula is C7H10O3. The van der Waals surface area contributed by atoms with Crippen LogP contribution in [0.15, 0.2) is 12.2 Å². The van der Waals surface area contributed by atoms with E-state index in [0.29, 0.717) is 20.0 Å². The lowest BCUT2D eigenvalue weighted by Gasteiger charge is -2.31. The van der Waals surface area contributed by atoms with Gasteiger partial charge in [0.1, 0.15) is 19.0 Å². The lowest BCUT2D eigenvalue weighted by molar-refractivity contribution is -0.194. The molecule has 2 atom stereocenters. The van der Waals surface area contributed by atoms with Gasteiger partial charge in [0.05, 0.1) is 13.2 Å². The molecule has 2 aliphatic heterocycles. The largest absolute Gasteiger partial charge is 0.369 e. The second kappa shape index (κ2) is 2.70. The Labute approximate surface area is 59.6 Å². The van der Waals surface area contributed by atoms with Crippen molar-refractivity contribution in [3.63, 3.8) is 0 Å². The fraction of sp³-hybridized carbons (Fsp3) is 0.714. The van der Waals surface area contributed by atoms with Crippen LogP contribution in [0.25, 0.3) is 0 Å². The first kappa shape index (κ1) is 6.34. The zero-order valence-corrected chi connectivity index (χ0v) is 5.66. The fourth-order valence-electron chi connectivity index (χ4n) is 1.18. The summed E-state index contributed by atoms with van der Waals surface area (Å²) < 4.78 is 15.7. The molecule has 0 N–H and O–H groups in total. The van der Waals surface area contributed by atoms with Crippen LogP contribution >= 0.6 is 0 Å². The maximum Gasteiger partial charge on any atom is 0.147 e. The first-order valence-electron chi connectivity index (χ1n) is 3.44. The van der Waals surface area contributed by atoms with Crippen molar-refractivity contribution in [2.75, 3.05) is 20.0 Å². The van der Waals surface area contributed by atoms with Gasteiger partial charge in [-0.15, -0.1) is 0 Å². The molecule has 0 aromatic rings. The van der Waals surface area contributed by atoms with Gasteiger partial charge in [-0.3, -0.25) is 0 Å². The van der Waals surface area contributed by atoms with Crippen LogP contribution in [0.1, 0.15) is 0 Å². The van der Waals surface area contributed by atoms with E-state index in [1.165, 1.54) is 0 Å². The van der Waals surface area contributed by atoms with Crippen molar-refractivity contribution in [1.29, 1.82) is 0 Å². The molecule has 2 aliphatic rings. The summed E-state index contributed by atoms with van der Waals surface area (Å²) in [6.45, 7) is 1.75. The van der Waals surface area contributed by atoms with Crippen LogP contribution in [-0.4, -0.2) is 32.2 Å². The number of hydrogen-bond donors (Lipinski definition) is 0.